The molecule has 0 unspecified atom stereocenters. The summed E-state index contributed by atoms with van der Waals surface area (Å²) in [5.74, 6) is -0.304. The molecule has 1 aliphatic heterocycles. The molecule has 0 spiro atoms. The van der Waals surface area contributed by atoms with Crippen molar-refractivity contribution in [2.24, 2.45) is 0 Å². The van der Waals surface area contributed by atoms with Crippen LogP contribution in [0.2, 0.25) is 0 Å². The number of nitriles is 1. The Morgan fingerprint density at radius 1 is 1.48 bits per heavy atom. The lowest BCUT2D eigenvalue weighted by molar-refractivity contribution is -0.133. The second-order valence-electron chi connectivity index (χ2n) is 6.04. The number of rotatable bonds is 4. The number of hydrogen-bond donors (Lipinski definition) is 1. The molecule has 1 aliphatic rings. The first-order valence-electron chi connectivity index (χ1n) is 7.83. The monoisotopic (exact) mass is 400 g/mol. The van der Waals surface area contributed by atoms with E-state index in [1.165, 1.54) is 6.08 Å². The molecule has 0 saturated carbocycles. The number of amides is 2. The Morgan fingerprint density at radius 3 is 2.84 bits per heavy atom. The number of carbonyl (C=O) groups is 2. The van der Waals surface area contributed by atoms with Crippen LogP contribution in [0.5, 0.6) is 0 Å². The normalized spacial score (nSPS) is 14.0. The van der Waals surface area contributed by atoms with E-state index < -0.39 is 0 Å². The van der Waals surface area contributed by atoms with Crippen molar-refractivity contribution in [3.63, 3.8) is 0 Å². The molecule has 0 aliphatic carbocycles. The number of hydrogen-bond acceptors (Lipinski definition) is 3. The molecule has 2 heterocycles. The quantitative estimate of drug-likeness (QED) is 0.798. The summed E-state index contributed by atoms with van der Waals surface area (Å²) < 4.78 is 2.66. The minimum Gasteiger partial charge on any atom is -0.348 e. The molecule has 1 fully saturated rings. The predicted octanol–water partition coefficient (Wildman–Crippen LogP) is 2.10. The number of aryl methyl sites for hydroxylation is 1. The fourth-order valence-corrected chi connectivity index (χ4v) is 3.46. The highest BCUT2D eigenvalue weighted by molar-refractivity contribution is 9.10. The highest BCUT2D eigenvalue weighted by atomic mass is 79.9. The van der Waals surface area contributed by atoms with Crippen molar-refractivity contribution in [1.29, 1.82) is 5.26 Å². The van der Waals surface area contributed by atoms with E-state index in [1.54, 1.807) is 9.47 Å². The Hall–Kier alpha value is -2.59. The molecular formula is C18H17BrN4O2. The fourth-order valence-electron chi connectivity index (χ4n) is 3.10. The number of fused-ring (bicyclic) bond motifs is 1. The number of nitrogens with one attached hydrogen (secondary N) is 1. The van der Waals surface area contributed by atoms with Crippen LogP contribution in [0.3, 0.4) is 0 Å². The molecule has 6 nitrogen and oxygen atoms in total. The lowest BCUT2D eigenvalue weighted by atomic mass is 10.1. The van der Waals surface area contributed by atoms with Crippen LogP contribution in [0.1, 0.15) is 11.3 Å². The number of carbonyl (C=O) groups excluding carboxylic acids is 2. The average Bonchev–Trinajstić information content (AvgIpc) is 2.81. The van der Waals surface area contributed by atoms with E-state index in [-0.39, 0.29) is 24.4 Å². The van der Waals surface area contributed by atoms with Crippen molar-refractivity contribution >= 4 is 38.6 Å². The maximum atomic E-state index is 12.4. The van der Waals surface area contributed by atoms with Gasteiger partial charge in [-0.3, -0.25) is 9.59 Å². The Kier molecular flexibility index (Phi) is 4.64. The van der Waals surface area contributed by atoms with Crippen LogP contribution in [-0.2, 0) is 16.1 Å². The van der Waals surface area contributed by atoms with Gasteiger partial charge in [-0.1, -0.05) is 22.5 Å². The third-order valence-corrected chi connectivity index (χ3v) is 4.91. The van der Waals surface area contributed by atoms with E-state index in [9.17, 15) is 14.9 Å². The van der Waals surface area contributed by atoms with Crippen LogP contribution in [0, 0.1) is 18.3 Å². The minimum absolute atomic E-state index is 0.0565. The van der Waals surface area contributed by atoms with Gasteiger partial charge in [0.05, 0.1) is 6.04 Å². The van der Waals surface area contributed by atoms with Crippen molar-refractivity contribution in [2.75, 3.05) is 13.1 Å². The smallest absolute Gasteiger partial charge is 0.246 e. The molecule has 1 aromatic carbocycles. The molecule has 1 aromatic heterocycles. The zero-order valence-corrected chi connectivity index (χ0v) is 15.3. The molecule has 3 rings (SSSR count). The van der Waals surface area contributed by atoms with Crippen LogP contribution in [0.15, 0.2) is 35.3 Å². The number of nitrogens with zero attached hydrogens (tertiary/aromatic N) is 3. The van der Waals surface area contributed by atoms with Crippen LogP contribution >= 0.6 is 15.9 Å². The third kappa shape index (κ3) is 3.17. The van der Waals surface area contributed by atoms with Crippen LogP contribution in [0.4, 0.5) is 0 Å². The molecule has 7 heteroatoms. The van der Waals surface area contributed by atoms with E-state index in [0.717, 1.165) is 20.9 Å². The zero-order valence-electron chi connectivity index (χ0n) is 13.8. The lowest BCUT2D eigenvalue weighted by Gasteiger charge is -2.38. The summed E-state index contributed by atoms with van der Waals surface area (Å²) in [5, 5.41) is 13.3. The molecule has 25 heavy (non-hydrogen) atoms. The van der Waals surface area contributed by atoms with E-state index in [1.807, 2.05) is 25.1 Å². The molecule has 0 bridgehead atoms. The largest absolute Gasteiger partial charge is 0.348 e. The Labute approximate surface area is 153 Å². The topological polar surface area (TPSA) is 78.1 Å². The Balaban J connectivity index is 1.75. The average molecular weight is 401 g/mol. The number of halogens is 1. The fraction of sp³-hybridized carbons (Fsp3) is 0.278. The van der Waals surface area contributed by atoms with Gasteiger partial charge >= 0.3 is 0 Å². The van der Waals surface area contributed by atoms with Gasteiger partial charge < -0.3 is 14.8 Å². The first-order valence-corrected chi connectivity index (χ1v) is 8.63. The Bertz CT molecular complexity index is 919. The van der Waals surface area contributed by atoms with Crippen molar-refractivity contribution in [1.82, 2.24) is 14.8 Å². The molecule has 1 saturated heterocycles. The summed E-state index contributed by atoms with van der Waals surface area (Å²) >= 11 is 3.44. The van der Waals surface area contributed by atoms with Gasteiger partial charge in [0.2, 0.25) is 11.8 Å². The summed E-state index contributed by atoms with van der Waals surface area (Å²) in [5.41, 5.74) is 2.20. The SMILES string of the molecule is C=CC(=O)N1CC(NC(=O)Cn2c(C#N)c(C)c3cc(Br)ccc32)C1. The van der Waals surface area contributed by atoms with E-state index in [0.29, 0.717) is 18.8 Å². The molecule has 0 radical (unpaired) electrons. The zero-order chi connectivity index (χ0) is 18.1. The summed E-state index contributed by atoms with van der Waals surface area (Å²) in [6, 6.07) is 7.87. The highest BCUT2D eigenvalue weighted by Gasteiger charge is 2.30. The highest BCUT2D eigenvalue weighted by Crippen LogP contribution is 2.28. The lowest BCUT2D eigenvalue weighted by Crippen LogP contribution is -2.61. The number of benzene rings is 1. The molecule has 2 aromatic rings. The van der Waals surface area contributed by atoms with Gasteiger partial charge in [0.15, 0.2) is 0 Å². The van der Waals surface area contributed by atoms with Crippen LogP contribution in [0.25, 0.3) is 10.9 Å². The van der Waals surface area contributed by atoms with Crippen molar-refractivity contribution in [3.8, 4) is 6.07 Å². The molecular weight excluding hydrogens is 384 g/mol. The summed E-state index contributed by atoms with van der Waals surface area (Å²) in [7, 11) is 0. The number of likely N-dealkylation sites (tertiary alicyclic amines) is 1. The summed E-state index contributed by atoms with van der Waals surface area (Å²) in [4.78, 5) is 25.4. The van der Waals surface area contributed by atoms with Gasteiger partial charge in [0, 0.05) is 28.5 Å². The standard InChI is InChI=1S/C18H17BrN4O2/c1-3-18(25)22-8-13(9-22)21-17(24)10-23-15-5-4-12(19)6-14(15)11(2)16(23)7-20/h3-6,13H,1,8-10H2,2H3,(H,21,24). The van der Waals surface area contributed by atoms with Gasteiger partial charge in [0.25, 0.3) is 0 Å². The van der Waals surface area contributed by atoms with Crippen LogP contribution < -0.4 is 5.32 Å². The van der Waals surface area contributed by atoms with Gasteiger partial charge in [0.1, 0.15) is 18.3 Å². The maximum absolute atomic E-state index is 12.4. The number of aromatic nitrogens is 1. The summed E-state index contributed by atoms with van der Waals surface area (Å²) in [6.45, 7) is 6.37. The Morgan fingerprint density at radius 2 is 2.20 bits per heavy atom. The van der Waals surface area contributed by atoms with Crippen molar-refractivity contribution in [3.05, 3.63) is 46.6 Å². The van der Waals surface area contributed by atoms with E-state index in [2.05, 4.69) is 33.9 Å². The van der Waals surface area contributed by atoms with Gasteiger partial charge in [-0.05, 0) is 36.8 Å². The first-order chi connectivity index (χ1) is 11.9. The van der Waals surface area contributed by atoms with Crippen molar-refractivity contribution < 1.29 is 9.59 Å². The molecule has 0 atom stereocenters. The minimum atomic E-state index is -0.174. The molecule has 128 valence electrons. The second kappa shape index (κ2) is 6.73. The molecule has 2 amide bonds. The van der Waals surface area contributed by atoms with Gasteiger partial charge in [-0.15, -0.1) is 0 Å². The predicted molar refractivity (Wildman–Crippen MR) is 97.8 cm³/mol. The molecule has 1 N–H and O–H groups in total. The van der Waals surface area contributed by atoms with Crippen molar-refractivity contribution in [2.45, 2.75) is 19.5 Å². The summed E-state index contributed by atoms with van der Waals surface area (Å²) in [6.07, 6.45) is 1.27. The van der Waals surface area contributed by atoms with E-state index in [4.69, 9.17) is 0 Å². The third-order valence-electron chi connectivity index (χ3n) is 4.42. The second-order valence-corrected chi connectivity index (χ2v) is 6.96. The van der Waals surface area contributed by atoms with Gasteiger partial charge in [-0.2, -0.15) is 5.26 Å². The van der Waals surface area contributed by atoms with Crippen LogP contribution in [-0.4, -0.2) is 40.4 Å². The van der Waals surface area contributed by atoms with E-state index >= 15 is 0 Å². The first kappa shape index (κ1) is 17.2. The van der Waals surface area contributed by atoms with Gasteiger partial charge in [-0.25, -0.2) is 0 Å². The maximum Gasteiger partial charge on any atom is 0.246 e.